The Morgan fingerprint density at radius 3 is 2.63 bits per heavy atom. The fraction of sp³-hybridized carbons (Fsp3) is 0.346. The third-order valence-corrected chi connectivity index (χ3v) is 7.03. The van der Waals surface area contributed by atoms with E-state index < -0.39 is 6.04 Å². The minimum atomic E-state index is -0.454. The van der Waals surface area contributed by atoms with Crippen molar-refractivity contribution in [3.05, 3.63) is 81.2 Å². The van der Waals surface area contributed by atoms with Gasteiger partial charge in [0.2, 0.25) is 5.95 Å². The zero-order chi connectivity index (χ0) is 24.4. The summed E-state index contributed by atoms with van der Waals surface area (Å²) in [7, 11) is 0. The summed E-state index contributed by atoms with van der Waals surface area (Å²) in [6.45, 7) is 2.18. The lowest BCUT2D eigenvalue weighted by Gasteiger charge is -2.30. The van der Waals surface area contributed by atoms with Gasteiger partial charge in [-0.05, 0) is 62.4 Å². The summed E-state index contributed by atoms with van der Waals surface area (Å²) in [4.78, 5) is 17.6. The van der Waals surface area contributed by atoms with Crippen LogP contribution in [0.5, 0.6) is 5.75 Å². The Morgan fingerprint density at radius 1 is 1.11 bits per heavy atom. The minimum Gasteiger partial charge on any atom is -0.489 e. The van der Waals surface area contributed by atoms with Gasteiger partial charge in [0.1, 0.15) is 30.8 Å². The molecule has 0 bridgehead atoms. The molecule has 2 aliphatic rings. The molecule has 3 aromatic rings. The molecule has 2 heterocycles. The van der Waals surface area contributed by atoms with Crippen molar-refractivity contribution < 1.29 is 14.3 Å². The first-order valence-electron chi connectivity index (χ1n) is 11.7. The number of benzene rings is 2. The van der Waals surface area contributed by atoms with E-state index in [1.54, 1.807) is 16.8 Å². The molecule has 5 rings (SSSR count). The van der Waals surface area contributed by atoms with E-state index >= 15 is 0 Å². The molecular weight excluding hydrogens is 487 g/mol. The predicted octanol–water partition coefficient (Wildman–Crippen LogP) is 6.33. The van der Waals surface area contributed by atoms with Crippen molar-refractivity contribution in [1.82, 2.24) is 14.8 Å². The molecule has 1 saturated carbocycles. The van der Waals surface area contributed by atoms with Crippen LogP contribution in [0.3, 0.4) is 0 Å². The van der Waals surface area contributed by atoms with Crippen LogP contribution in [-0.2, 0) is 16.1 Å². The Kier molecular flexibility index (Phi) is 6.97. The van der Waals surface area contributed by atoms with Crippen LogP contribution in [0.2, 0.25) is 10.0 Å². The van der Waals surface area contributed by atoms with E-state index in [0.29, 0.717) is 39.6 Å². The first-order valence-corrected chi connectivity index (χ1v) is 12.5. The number of esters is 1. The SMILES string of the molecule is CC1=C(C(=O)OC2CCCCC2)C(c2ccc(OCc3ccc(Cl)cc3Cl)cc2)n2ncnc2N1. The Hall–Kier alpha value is -3.03. The van der Waals surface area contributed by atoms with Gasteiger partial charge in [-0.1, -0.05) is 47.8 Å². The van der Waals surface area contributed by atoms with Gasteiger partial charge in [-0.2, -0.15) is 10.1 Å². The predicted molar refractivity (Wildman–Crippen MR) is 135 cm³/mol. The number of rotatable bonds is 6. The number of carbonyl (C=O) groups is 1. The van der Waals surface area contributed by atoms with Crippen molar-refractivity contribution in [3.63, 3.8) is 0 Å². The third-order valence-electron chi connectivity index (χ3n) is 6.45. The number of hydrogen-bond donors (Lipinski definition) is 1. The molecule has 1 aliphatic heterocycles. The number of aromatic nitrogens is 3. The van der Waals surface area contributed by atoms with Gasteiger partial charge < -0.3 is 14.8 Å². The summed E-state index contributed by atoms with van der Waals surface area (Å²) in [5.74, 6) is 0.949. The molecule has 7 nitrogen and oxygen atoms in total. The van der Waals surface area contributed by atoms with E-state index in [9.17, 15) is 4.79 Å². The van der Waals surface area contributed by atoms with E-state index in [1.807, 2.05) is 37.3 Å². The highest BCUT2D eigenvalue weighted by Crippen LogP contribution is 2.36. The molecule has 1 unspecified atom stereocenters. The number of fused-ring (bicyclic) bond motifs is 1. The van der Waals surface area contributed by atoms with Crippen LogP contribution in [0.1, 0.15) is 56.2 Å². The summed E-state index contributed by atoms with van der Waals surface area (Å²) >= 11 is 12.2. The topological polar surface area (TPSA) is 78.3 Å². The first kappa shape index (κ1) is 23.7. The third kappa shape index (κ3) is 5.16. The number of carbonyl (C=O) groups excluding carboxylic acids is 1. The van der Waals surface area contributed by atoms with Crippen LogP contribution in [-0.4, -0.2) is 26.8 Å². The van der Waals surface area contributed by atoms with Gasteiger partial charge in [-0.3, -0.25) is 0 Å². The largest absolute Gasteiger partial charge is 0.489 e. The van der Waals surface area contributed by atoms with Crippen molar-refractivity contribution in [2.24, 2.45) is 0 Å². The summed E-state index contributed by atoms with van der Waals surface area (Å²) in [6, 6.07) is 12.5. The lowest BCUT2D eigenvalue weighted by atomic mass is 9.95. The average molecular weight is 513 g/mol. The fourth-order valence-corrected chi connectivity index (χ4v) is 5.07. The van der Waals surface area contributed by atoms with Crippen molar-refractivity contribution in [3.8, 4) is 5.75 Å². The Bertz CT molecular complexity index is 1250. The van der Waals surface area contributed by atoms with Crippen LogP contribution in [0.25, 0.3) is 0 Å². The second kappa shape index (κ2) is 10.3. The molecule has 1 aliphatic carbocycles. The average Bonchev–Trinajstić information content (AvgIpc) is 3.31. The van der Waals surface area contributed by atoms with E-state index in [-0.39, 0.29) is 12.1 Å². The number of ether oxygens (including phenoxy) is 2. The minimum absolute atomic E-state index is 0.0372. The fourth-order valence-electron chi connectivity index (χ4n) is 4.61. The maximum atomic E-state index is 13.3. The monoisotopic (exact) mass is 512 g/mol. The molecule has 1 atom stereocenters. The van der Waals surface area contributed by atoms with Crippen LogP contribution in [0.4, 0.5) is 5.95 Å². The lowest BCUT2D eigenvalue weighted by Crippen LogP contribution is -2.32. The van der Waals surface area contributed by atoms with Crippen LogP contribution in [0.15, 0.2) is 60.1 Å². The number of halogens is 2. The van der Waals surface area contributed by atoms with Crippen molar-refractivity contribution in [1.29, 1.82) is 0 Å². The van der Waals surface area contributed by atoms with E-state index in [1.165, 1.54) is 12.7 Å². The van der Waals surface area contributed by atoms with Gasteiger partial charge in [0.05, 0.1) is 5.57 Å². The molecule has 9 heteroatoms. The number of nitrogens with zero attached hydrogens (tertiary/aromatic N) is 3. The summed E-state index contributed by atoms with van der Waals surface area (Å²) < 4.78 is 13.6. The summed E-state index contributed by atoms with van der Waals surface area (Å²) in [6.07, 6.45) is 6.64. The van der Waals surface area contributed by atoms with Gasteiger partial charge in [0.15, 0.2) is 0 Å². The van der Waals surface area contributed by atoms with Gasteiger partial charge in [0.25, 0.3) is 0 Å². The molecule has 0 amide bonds. The van der Waals surface area contributed by atoms with Crippen molar-refractivity contribution in [2.45, 2.75) is 57.8 Å². The van der Waals surface area contributed by atoms with Gasteiger partial charge in [-0.15, -0.1) is 0 Å². The Labute approximate surface area is 214 Å². The number of allylic oxidation sites excluding steroid dienone is 1. The van der Waals surface area contributed by atoms with E-state index in [2.05, 4.69) is 15.4 Å². The van der Waals surface area contributed by atoms with Crippen LogP contribution >= 0.6 is 23.2 Å². The highest BCUT2D eigenvalue weighted by Gasteiger charge is 2.35. The smallest absolute Gasteiger partial charge is 0.338 e. The molecule has 0 saturated heterocycles. The highest BCUT2D eigenvalue weighted by molar-refractivity contribution is 6.35. The first-order chi connectivity index (χ1) is 17.0. The molecule has 1 aromatic heterocycles. The standard InChI is InChI=1S/C26H26Cl2N4O3/c1-16-23(25(33)35-21-5-3-2-4-6-21)24(32-26(31-16)29-15-30-32)17-8-11-20(12-9-17)34-14-18-7-10-19(27)13-22(18)28/h7-13,15,21,24H,2-6,14H2,1H3,(H,29,30,31). The maximum absolute atomic E-state index is 13.3. The zero-order valence-electron chi connectivity index (χ0n) is 19.3. The molecule has 1 N–H and O–H groups in total. The molecular formula is C26H26Cl2N4O3. The second-order valence-electron chi connectivity index (χ2n) is 8.85. The molecule has 35 heavy (non-hydrogen) atoms. The number of hydrogen-bond acceptors (Lipinski definition) is 6. The molecule has 0 spiro atoms. The van der Waals surface area contributed by atoms with Gasteiger partial charge in [-0.25, -0.2) is 9.48 Å². The van der Waals surface area contributed by atoms with E-state index in [4.69, 9.17) is 32.7 Å². The van der Waals surface area contributed by atoms with Gasteiger partial charge in [0, 0.05) is 21.3 Å². The molecule has 0 radical (unpaired) electrons. The van der Waals surface area contributed by atoms with Crippen molar-refractivity contribution >= 4 is 35.1 Å². The Balaban J connectivity index is 1.37. The normalized spacial score (nSPS) is 18.1. The molecule has 182 valence electrons. The van der Waals surface area contributed by atoms with Crippen molar-refractivity contribution in [2.75, 3.05) is 5.32 Å². The zero-order valence-corrected chi connectivity index (χ0v) is 20.9. The van der Waals surface area contributed by atoms with E-state index in [0.717, 1.165) is 36.8 Å². The van der Waals surface area contributed by atoms with Crippen LogP contribution in [0, 0.1) is 0 Å². The lowest BCUT2D eigenvalue weighted by molar-refractivity contribution is -0.146. The molecule has 1 fully saturated rings. The maximum Gasteiger partial charge on any atom is 0.338 e. The second-order valence-corrected chi connectivity index (χ2v) is 9.70. The summed E-state index contributed by atoms with van der Waals surface area (Å²) in [5, 5.41) is 8.72. The highest BCUT2D eigenvalue weighted by atomic mass is 35.5. The Morgan fingerprint density at radius 2 is 1.89 bits per heavy atom. The van der Waals surface area contributed by atoms with Crippen LogP contribution < -0.4 is 10.1 Å². The number of anilines is 1. The molecule has 2 aromatic carbocycles. The van der Waals surface area contributed by atoms with Gasteiger partial charge >= 0.3 is 5.97 Å². The summed E-state index contributed by atoms with van der Waals surface area (Å²) in [5.41, 5.74) is 2.98. The number of nitrogens with one attached hydrogen (secondary N) is 1. The quantitative estimate of drug-likeness (QED) is 0.388.